The van der Waals surface area contributed by atoms with Gasteiger partial charge in [-0.15, -0.1) is 0 Å². The van der Waals surface area contributed by atoms with Crippen LogP contribution < -0.4 is 15.0 Å². The number of ether oxygens (including phenoxy) is 1. The van der Waals surface area contributed by atoms with Gasteiger partial charge < -0.3 is 24.5 Å². The van der Waals surface area contributed by atoms with Crippen molar-refractivity contribution >= 4 is 34.4 Å². The third kappa shape index (κ3) is 6.54. The van der Waals surface area contributed by atoms with E-state index in [1.165, 1.54) is 0 Å². The number of hydrogen-bond donors (Lipinski definition) is 2. The molecular formula is C35H33N3O5. The smallest absolute Gasteiger partial charge is 0.307 e. The first kappa shape index (κ1) is 28.0. The summed E-state index contributed by atoms with van der Waals surface area (Å²) < 4.78 is 11.9. The van der Waals surface area contributed by atoms with Crippen LogP contribution in [0.4, 0.5) is 11.5 Å². The van der Waals surface area contributed by atoms with E-state index < -0.39 is 5.97 Å². The van der Waals surface area contributed by atoms with Crippen LogP contribution in [0, 0.1) is 12.8 Å². The van der Waals surface area contributed by atoms with Crippen LogP contribution in [-0.2, 0) is 11.2 Å². The number of piperidine rings is 1. The Kier molecular flexibility index (Phi) is 8.09. The maximum atomic E-state index is 13.1. The molecule has 0 bridgehead atoms. The number of carboxylic acid groups (broad SMARTS) is 1. The number of aryl methyl sites for hydroxylation is 1. The molecule has 8 heteroatoms. The molecule has 0 spiro atoms. The van der Waals surface area contributed by atoms with Gasteiger partial charge >= 0.3 is 5.97 Å². The quantitative estimate of drug-likeness (QED) is 0.195. The second-order valence-corrected chi connectivity index (χ2v) is 11.0. The number of nitrogens with zero attached hydrogens (tertiary/aromatic N) is 2. The van der Waals surface area contributed by atoms with Crippen molar-refractivity contribution in [1.82, 2.24) is 4.98 Å². The van der Waals surface area contributed by atoms with E-state index >= 15 is 0 Å². The topological polar surface area (TPSA) is 105 Å². The molecule has 0 saturated carbocycles. The molecule has 0 atom stereocenters. The molecule has 218 valence electrons. The van der Waals surface area contributed by atoms with E-state index in [-0.39, 0.29) is 12.3 Å². The van der Waals surface area contributed by atoms with Crippen LogP contribution in [-0.4, -0.2) is 41.7 Å². The van der Waals surface area contributed by atoms with Gasteiger partial charge in [0.15, 0.2) is 5.76 Å². The van der Waals surface area contributed by atoms with Crippen LogP contribution in [0.2, 0.25) is 0 Å². The van der Waals surface area contributed by atoms with Crippen LogP contribution in [0.3, 0.4) is 0 Å². The molecule has 2 N–H and O–H groups in total. The number of aromatic nitrogens is 1. The number of carboxylic acids is 1. The van der Waals surface area contributed by atoms with Crippen LogP contribution in [0.25, 0.3) is 22.1 Å². The molecule has 0 radical (unpaired) electrons. The van der Waals surface area contributed by atoms with E-state index in [9.17, 15) is 9.59 Å². The van der Waals surface area contributed by atoms with Crippen molar-refractivity contribution in [2.45, 2.75) is 26.2 Å². The van der Waals surface area contributed by atoms with Crippen LogP contribution in [0.5, 0.6) is 5.75 Å². The summed E-state index contributed by atoms with van der Waals surface area (Å²) in [5, 5.41) is 12.9. The van der Waals surface area contributed by atoms with Gasteiger partial charge in [-0.25, -0.2) is 4.98 Å². The first-order chi connectivity index (χ1) is 20.9. The number of benzene rings is 3. The molecule has 1 saturated heterocycles. The third-order valence-corrected chi connectivity index (χ3v) is 7.93. The number of rotatable bonds is 9. The fraction of sp³-hybridized carbons (Fsp3) is 0.229. The molecule has 8 nitrogen and oxygen atoms in total. The lowest BCUT2D eigenvalue weighted by Gasteiger charge is -2.32. The zero-order valence-corrected chi connectivity index (χ0v) is 24.0. The van der Waals surface area contributed by atoms with Crippen molar-refractivity contribution in [3.05, 3.63) is 108 Å². The van der Waals surface area contributed by atoms with Gasteiger partial charge in [0.05, 0.1) is 24.9 Å². The molecule has 3 aromatic carbocycles. The van der Waals surface area contributed by atoms with Crippen molar-refractivity contribution < 1.29 is 23.8 Å². The van der Waals surface area contributed by atoms with Crippen LogP contribution in [0.1, 0.15) is 34.5 Å². The molecule has 3 heterocycles. The average Bonchev–Trinajstić information content (AvgIpc) is 3.36. The van der Waals surface area contributed by atoms with Gasteiger partial charge in [-0.3, -0.25) is 9.59 Å². The highest BCUT2D eigenvalue weighted by molar-refractivity contribution is 6.06. The number of anilines is 2. The zero-order chi connectivity index (χ0) is 29.8. The minimum Gasteiger partial charge on any atom is -0.493 e. The Morgan fingerprint density at radius 1 is 0.977 bits per heavy atom. The van der Waals surface area contributed by atoms with Gasteiger partial charge in [0.25, 0.3) is 5.91 Å². The van der Waals surface area contributed by atoms with Gasteiger partial charge in [-0.2, -0.15) is 0 Å². The first-order valence-electron chi connectivity index (χ1n) is 14.5. The van der Waals surface area contributed by atoms with Crippen molar-refractivity contribution in [3.63, 3.8) is 0 Å². The van der Waals surface area contributed by atoms with Gasteiger partial charge in [0, 0.05) is 24.0 Å². The number of fused-ring (bicyclic) bond motifs is 1. The summed E-state index contributed by atoms with van der Waals surface area (Å²) in [6.45, 7) is 4.21. The number of nitrogens with one attached hydrogen (secondary N) is 1. The number of carbonyl (C=O) groups is 2. The summed E-state index contributed by atoms with van der Waals surface area (Å²) in [4.78, 5) is 31.0. The lowest BCUT2D eigenvalue weighted by atomic mass is 9.98. The predicted octanol–water partition coefficient (Wildman–Crippen LogP) is 6.98. The summed E-state index contributed by atoms with van der Waals surface area (Å²) in [6.07, 6.45) is 3.59. The molecule has 2 aromatic heterocycles. The molecule has 1 amide bonds. The van der Waals surface area contributed by atoms with E-state index in [4.69, 9.17) is 14.3 Å². The highest BCUT2D eigenvalue weighted by Gasteiger charge is 2.22. The van der Waals surface area contributed by atoms with Gasteiger partial charge in [0.2, 0.25) is 0 Å². The summed E-state index contributed by atoms with van der Waals surface area (Å²) in [5.74, 6) is 1.12. The van der Waals surface area contributed by atoms with Crippen molar-refractivity contribution in [3.8, 4) is 16.9 Å². The SMILES string of the molecule is Cc1c(C(=O)Nc2ccc(N3CCC(COc4cccc(CC(=O)O)c4)CC3)nc2)oc2ccc(-c3ccccc3)cc12. The van der Waals surface area contributed by atoms with Gasteiger partial charge in [-0.05, 0) is 78.8 Å². The third-order valence-electron chi connectivity index (χ3n) is 7.93. The van der Waals surface area contributed by atoms with Crippen molar-refractivity contribution in [1.29, 1.82) is 0 Å². The molecule has 0 aliphatic carbocycles. The van der Waals surface area contributed by atoms with Gasteiger partial charge in [0.1, 0.15) is 17.2 Å². The first-order valence-corrected chi connectivity index (χ1v) is 14.5. The predicted molar refractivity (Wildman–Crippen MR) is 167 cm³/mol. The fourth-order valence-corrected chi connectivity index (χ4v) is 5.55. The lowest BCUT2D eigenvalue weighted by Crippen LogP contribution is -2.36. The lowest BCUT2D eigenvalue weighted by molar-refractivity contribution is -0.136. The van der Waals surface area contributed by atoms with E-state index in [1.54, 1.807) is 18.3 Å². The van der Waals surface area contributed by atoms with Crippen LogP contribution in [0.15, 0.2) is 95.5 Å². The molecule has 5 aromatic rings. The molecule has 1 aliphatic heterocycles. The molecule has 1 aliphatic rings. The minimum absolute atomic E-state index is 0.0133. The Labute approximate surface area is 249 Å². The Morgan fingerprint density at radius 2 is 1.79 bits per heavy atom. The number of amides is 1. The number of aliphatic carboxylic acids is 1. The number of pyridine rings is 1. The van der Waals surface area contributed by atoms with E-state index in [0.717, 1.165) is 59.4 Å². The highest BCUT2D eigenvalue weighted by atomic mass is 16.5. The van der Waals surface area contributed by atoms with Crippen LogP contribution >= 0.6 is 0 Å². The second kappa shape index (κ2) is 12.4. The van der Waals surface area contributed by atoms with Crippen molar-refractivity contribution in [2.75, 3.05) is 29.9 Å². The normalized spacial score (nSPS) is 13.7. The largest absolute Gasteiger partial charge is 0.493 e. The molecule has 6 rings (SSSR count). The Morgan fingerprint density at radius 3 is 2.53 bits per heavy atom. The van der Waals surface area contributed by atoms with Crippen molar-refractivity contribution in [2.24, 2.45) is 5.92 Å². The number of carbonyl (C=O) groups excluding carboxylic acids is 1. The molecule has 1 fully saturated rings. The van der Waals surface area contributed by atoms with E-state index in [2.05, 4.69) is 33.4 Å². The Bertz CT molecular complexity index is 1740. The second-order valence-electron chi connectivity index (χ2n) is 11.0. The zero-order valence-electron chi connectivity index (χ0n) is 24.0. The Balaban J connectivity index is 1.03. The Hall–Kier alpha value is -5.11. The minimum atomic E-state index is -0.854. The summed E-state index contributed by atoms with van der Waals surface area (Å²) in [7, 11) is 0. The standard InChI is InChI=1S/C35H33N3O5/c1-23-30-20-27(26-7-3-2-4-8-26)10-12-31(30)43-34(23)35(41)37-28-11-13-32(36-21-28)38-16-14-24(15-17-38)22-42-29-9-5-6-25(18-29)19-33(39)40/h2-13,18,20-21,24H,14-17,19,22H2,1H3,(H,37,41)(H,39,40). The maximum absolute atomic E-state index is 13.1. The maximum Gasteiger partial charge on any atom is 0.307 e. The van der Waals surface area contributed by atoms with Gasteiger partial charge in [-0.1, -0.05) is 48.5 Å². The summed E-state index contributed by atoms with van der Waals surface area (Å²) in [5.41, 5.74) is 5.00. The summed E-state index contributed by atoms with van der Waals surface area (Å²) >= 11 is 0. The highest BCUT2D eigenvalue weighted by Crippen LogP contribution is 2.31. The van der Waals surface area contributed by atoms with E-state index in [1.807, 2.05) is 61.5 Å². The number of hydrogen-bond acceptors (Lipinski definition) is 6. The number of furan rings is 1. The fourth-order valence-electron chi connectivity index (χ4n) is 5.55. The average molecular weight is 576 g/mol. The molecule has 0 unspecified atom stereocenters. The molecular weight excluding hydrogens is 542 g/mol. The summed E-state index contributed by atoms with van der Waals surface area (Å²) in [6, 6.07) is 27.2. The van der Waals surface area contributed by atoms with E-state index in [0.29, 0.717) is 35.3 Å². The monoisotopic (exact) mass is 575 g/mol. The molecule has 43 heavy (non-hydrogen) atoms.